The maximum atomic E-state index is 5.76. The van der Waals surface area contributed by atoms with E-state index in [1.54, 1.807) is 6.26 Å². The predicted molar refractivity (Wildman–Crippen MR) is 69.5 cm³/mol. The van der Waals surface area contributed by atoms with Crippen LogP contribution in [0, 0.1) is 6.92 Å². The fraction of sp³-hybridized carbons (Fsp3) is 0.286. The summed E-state index contributed by atoms with van der Waals surface area (Å²) in [5.74, 6) is 0.990. The van der Waals surface area contributed by atoms with Gasteiger partial charge in [0.25, 0.3) is 0 Å². The summed E-state index contributed by atoms with van der Waals surface area (Å²) in [6, 6.07) is 10.0. The molecule has 1 heterocycles. The van der Waals surface area contributed by atoms with Gasteiger partial charge in [0.1, 0.15) is 5.76 Å². The second kappa shape index (κ2) is 5.06. The molecule has 0 aliphatic carbocycles. The fourth-order valence-corrected chi connectivity index (χ4v) is 1.93. The molecule has 0 aliphatic heterocycles. The average Bonchev–Trinajstić information content (AvgIpc) is 2.64. The van der Waals surface area contributed by atoms with Crippen LogP contribution in [0.25, 0.3) is 0 Å². The SMILES string of the molecule is Cc1occc1CN(C)Cc1cccc(N)c1. The minimum absolute atomic E-state index is 0.815. The first-order chi connectivity index (χ1) is 8.15. The Morgan fingerprint density at radius 3 is 2.71 bits per heavy atom. The van der Waals surface area contributed by atoms with Crippen molar-refractivity contribution < 1.29 is 4.42 Å². The van der Waals surface area contributed by atoms with E-state index in [1.165, 1.54) is 11.1 Å². The molecule has 2 aromatic rings. The number of nitrogens with zero attached hydrogens (tertiary/aromatic N) is 1. The molecule has 0 aliphatic rings. The van der Waals surface area contributed by atoms with Gasteiger partial charge in [-0.05, 0) is 37.7 Å². The van der Waals surface area contributed by atoms with E-state index in [9.17, 15) is 0 Å². The lowest BCUT2D eigenvalue weighted by Gasteiger charge is -2.16. The third kappa shape index (κ3) is 3.11. The van der Waals surface area contributed by atoms with Gasteiger partial charge < -0.3 is 10.2 Å². The number of aryl methyl sites for hydroxylation is 1. The number of furan rings is 1. The first-order valence-corrected chi connectivity index (χ1v) is 5.71. The number of hydrogen-bond donors (Lipinski definition) is 1. The largest absolute Gasteiger partial charge is 0.469 e. The monoisotopic (exact) mass is 230 g/mol. The number of nitrogen functional groups attached to an aromatic ring is 1. The Labute approximate surface area is 102 Å². The van der Waals surface area contributed by atoms with Crippen LogP contribution in [0.4, 0.5) is 5.69 Å². The van der Waals surface area contributed by atoms with Gasteiger partial charge in [0, 0.05) is 24.3 Å². The lowest BCUT2D eigenvalue weighted by molar-refractivity contribution is 0.316. The smallest absolute Gasteiger partial charge is 0.105 e. The molecule has 2 rings (SSSR count). The number of benzene rings is 1. The molecule has 2 N–H and O–H groups in total. The number of nitrogens with two attached hydrogens (primary N) is 1. The van der Waals surface area contributed by atoms with E-state index in [0.717, 1.165) is 24.5 Å². The molecule has 0 radical (unpaired) electrons. The quantitative estimate of drug-likeness (QED) is 0.821. The molecule has 0 bridgehead atoms. The zero-order valence-corrected chi connectivity index (χ0v) is 10.3. The van der Waals surface area contributed by atoms with Crippen LogP contribution < -0.4 is 5.73 Å². The topological polar surface area (TPSA) is 42.4 Å². The van der Waals surface area contributed by atoms with Crippen LogP contribution in [0.1, 0.15) is 16.9 Å². The van der Waals surface area contributed by atoms with Gasteiger partial charge in [-0.3, -0.25) is 4.90 Å². The van der Waals surface area contributed by atoms with Crippen molar-refractivity contribution in [1.82, 2.24) is 4.90 Å². The van der Waals surface area contributed by atoms with Crippen molar-refractivity contribution in [3.63, 3.8) is 0 Å². The van der Waals surface area contributed by atoms with Crippen LogP contribution in [-0.4, -0.2) is 11.9 Å². The van der Waals surface area contributed by atoms with Crippen LogP contribution in [0.2, 0.25) is 0 Å². The number of anilines is 1. The van der Waals surface area contributed by atoms with Crippen LogP contribution in [-0.2, 0) is 13.1 Å². The van der Waals surface area contributed by atoms with E-state index in [0.29, 0.717) is 0 Å². The fourth-order valence-electron chi connectivity index (χ4n) is 1.93. The molecule has 3 heteroatoms. The highest BCUT2D eigenvalue weighted by Crippen LogP contribution is 2.14. The molecule has 1 aromatic carbocycles. The molecule has 1 aromatic heterocycles. The van der Waals surface area contributed by atoms with Crippen LogP contribution >= 0.6 is 0 Å². The zero-order valence-electron chi connectivity index (χ0n) is 10.3. The van der Waals surface area contributed by atoms with Gasteiger partial charge in [0.15, 0.2) is 0 Å². The molecule has 0 unspecified atom stereocenters. The van der Waals surface area contributed by atoms with Crippen molar-refractivity contribution in [3.8, 4) is 0 Å². The van der Waals surface area contributed by atoms with Crippen molar-refractivity contribution in [2.24, 2.45) is 0 Å². The summed E-state index contributed by atoms with van der Waals surface area (Å²) in [6.07, 6.45) is 1.74. The van der Waals surface area contributed by atoms with Gasteiger partial charge in [-0.25, -0.2) is 0 Å². The Balaban J connectivity index is 1.98. The minimum atomic E-state index is 0.815. The van der Waals surface area contributed by atoms with Gasteiger partial charge >= 0.3 is 0 Å². The predicted octanol–water partition coefficient (Wildman–Crippen LogP) is 2.80. The van der Waals surface area contributed by atoms with E-state index in [-0.39, 0.29) is 0 Å². The molecule has 0 fully saturated rings. The summed E-state index contributed by atoms with van der Waals surface area (Å²) >= 11 is 0. The normalized spacial score (nSPS) is 11.0. The van der Waals surface area contributed by atoms with Crippen molar-refractivity contribution >= 4 is 5.69 Å². The molecule has 0 saturated heterocycles. The Bertz CT molecular complexity index is 490. The highest BCUT2D eigenvalue weighted by molar-refractivity contribution is 5.40. The summed E-state index contributed by atoms with van der Waals surface area (Å²) < 4.78 is 5.29. The summed E-state index contributed by atoms with van der Waals surface area (Å²) in [7, 11) is 2.09. The summed E-state index contributed by atoms with van der Waals surface area (Å²) in [5, 5.41) is 0. The van der Waals surface area contributed by atoms with Gasteiger partial charge in [-0.1, -0.05) is 12.1 Å². The molecular formula is C14H18N2O. The molecule has 90 valence electrons. The summed E-state index contributed by atoms with van der Waals surface area (Å²) in [6.45, 7) is 3.76. The van der Waals surface area contributed by atoms with Crippen molar-refractivity contribution in [2.45, 2.75) is 20.0 Å². The average molecular weight is 230 g/mol. The molecule has 3 nitrogen and oxygen atoms in total. The Hall–Kier alpha value is -1.74. The third-order valence-corrected chi connectivity index (χ3v) is 2.81. The maximum absolute atomic E-state index is 5.76. The van der Waals surface area contributed by atoms with Gasteiger partial charge in [0.2, 0.25) is 0 Å². The highest BCUT2D eigenvalue weighted by atomic mass is 16.3. The summed E-state index contributed by atoms with van der Waals surface area (Å²) in [5.41, 5.74) is 9.04. The maximum Gasteiger partial charge on any atom is 0.105 e. The van der Waals surface area contributed by atoms with Crippen molar-refractivity contribution in [2.75, 3.05) is 12.8 Å². The van der Waals surface area contributed by atoms with Gasteiger partial charge in [-0.2, -0.15) is 0 Å². The Kier molecular flexibility index (Phi) is 3.49. The third-order valence-electron chi connectivity index (χ3n) is 2.81. The molecule has 0 saturated carbocycles. The molecular weight excluding hydrogens is 212 g/mol. The first kappa shape index (κ1) is 11.7. The van der Waals surface area contributed by atoms with Gasteiger partial charge in [0.05, 0.1) is 6.26 Å². The Morgan fingerprint density at radius 2 is 2.06 bits per heavy atom. The number of hydrogen-bond acceptors (Lipinski definition) is 3. The van der Waals surface area contributed by atoms with Crippen LogP contribution in [0.5, 0.6) is 0 Å². The standard InChI is InChI=1S/C14H18N2O/c1-11-13(6-7-17-11)10-16(2)9-12-4-3-5-14(15)8-12/h3-8H,9-10,15H2,1-2H3. The molecule has 17 heavy (non-hydrogen) atoms. The first-order valence-electron chi connectivity index (χ1n) is 5.71. The van der Waals surface area contributed by atoms with Gasteiger partial charge in [-0.15, -0.1) is 0 Å². The number of rotatable bonds is 4. The molecule has 0 spiro atoms. The van der Waals surface area contributed by atoms with E-state index in [1.807, 2.05) is 31.2 Å². The second-order valence-electron chi connectivity index (χ2n) is 4.42. The lowest BCUT2D eigenvalue weighted by atomic mass is 10.2. The molecule has 0 atom stereocenters. The van der Waals surface area contributed by atoms with Crippen molar-refractivity contribution in [1.29, 1.82) is 0 Å². The molecule has 0 amide bonds. The minimum Gasteiger partial charge on any atom is -0.469 e. The van der Waals surface area contributed by atoms with E-state index in [4.69, 9.17) is 10.2 Å². The highest BCUT2D eigenvalue weighted by Gasteiger charge is 2.06. The second-order valence-corrected chi connectivity index (χ2v) is 4.42. The van der Waals surface area contributed by atoms with E-state index >= 15 is 0 Å². The van der Waals surface area contributed by atoms with Crippen molar-refractivity contribution in [3.05, 3.63) is 53.5 Å². The van der Waals surface area contributed by atoms with Crippen LogP contribution in [0.15, 0.2) is 41.0 Å². The lowest BCUT2D eigenvalue weighted by Crippen LogP contribution is -2.17. The Morgan fingerprint density at radius 1 is 1.24 bits per heavy atom. The van der Waals surface area contributed by atoms with E-state index < -0.39 is 0 Å². The van der Waals surface area contributed by atoms with E-state index in [2.05, 4.69) is 18.0 Å². The summed E-state index contributed by atoms with van der Waals surface area (Å²) in [4.78, 5) is 2.24. The van der Waals surface area contributed by atoms with Crippen LogP contribution in [0.3, 0.4) is 0 Å². The zero-order chi connectivity index (χ0) is 12.3.